The van der Waals surface area contributed by atoms with Gasteiger partial charge in [-0.05, 0) is 45.0 Å². The van der Waals surface area contributed by atoms with Crippen molar-refractivity contribution in [2.75, 3.05) is 23.4 Å². The number of nitrogens with zero attached hydrogens (tertiary/aromatic N) is 1. The second-order valence-corrected chi connectivity index (χ2v) is 6.96. The second kappa shape index (κ2) is 9.93. The number of hydrogen-bond acceptors (Lipinski definition) is 5. The molecule has 2 aromatic rings. The molecule has 2 aromatic carbocycles. The first kappa shape index (κ1) is 22.1. The number of benzene rings is 2. The van der Waals surface area contributed by atoms with Gasteiger partial charge < -0.3 is 14.8 Å². The zero-order valence-corrected chi connectivity index (χ0v) is 17.9. The van der Waals surface area contributed by atoms with Crippen molar-refractivity contribution in [3.63, 3.8) is 0 Å². The molecular weight excluding hydrogens is 396 g/mol. The Balaban J connectivity index is 1.99. The van der Waals surface area contributed by atoms with Gasteiger partial charge in [-0.15, -0.1) is 0 Å². The van der Waals surface area contributed by atoms with Crippen molar-refractivity contribution < 1.29 is 23.9 Å². The van der Waals surface area contributed by atoms with E-state index in [1.807, 2.05) is 25.1 Å². The van der Waals surface area contributed by atoms with Crippen LogP contribution in [0.4, 0.5) is 11.4 Å². The number of amides is 2. The summed E-state index contributed by atoms with van der Waals surface area (Å²) in [5, 5.41) is 2.81. The number of carbonyl (C=O) groups is 3. The minimum Gasteiger partial charge on any atom is -0.492 e. The van der Waals surface area contributed by atoms with Crippen molar-refractivity contribution in [3.05, 3.63) is 65.9 Å². The quantitative estimate of drug-likeness (QED) is 0.684. The summed E-state index contributed by atoms with van der Waals surface area (Å²) in [4.78, 5) is 40.5. The minimum absolute atomic E-state index is 0.150. The fourth-order valence-electron chi connectivity index (χ4n) is 3.64. The standard InChI is InChI=1S/C24H26N2O5/c1-4-30-20-14-10-9-13-19(20)25-23(28)18-15-21(27)26(17-11-7-6-8-12-17)16(3)22(18)24(29)31-5-2/h6-14,18H,4-5,15H2,1-3H3,(H,25,28)/t18-/m0/s1. The van der Waals surface area contributed by atoms with Gasteiger partial charge in [0.25, 0.3) is 0 Å². The molecule has 0 bridgehead atoms. The molecule has 3 rings (SSSR count). The Labute approximate surface area is 181 Å². The Morgan fingerprint density at radius 2 is 1.71 bits per heavy atom. The summed E-state index contributed by atoms with van der Waals surface area (Å²) in [5.41, 5.74) is 1.68. The van der Waals surface area contributed by atoms with Gasteiger partial charge in [-0.2, -0.15) is 0 Å². The highest BCUT2D eigenvalue weighted by Gasteiger charge is 2.40. The molecule has 0 saturated carbocycles. The van der Waals surface area contributed by atoms with Gasteiger partial charge >= 0.3 is 5.97 Å². The van der Waals surface area contributed by atoms with Crippen molar-refractivity contribution in [2.45, 2.75) is 27.2 Å². The zero-order chi connectivity index (χ0) is 22.4. The van der Waals surface area contributed by atoms with Gasteiger partial charge in [-0.25, -0.2) is 4.79 Å². The molecule has 0 spiro atoms. The molecule has 0 aliphatic carbocycles. The van der Waals surface area contributed by atoms with Crippen molar-refractivity contribution in [1.82, 2.24) is 0 Å². The Bertz CT molecular complexity index is 1000. The zero-order valence-electron chi connectivity index (χ0n) is 17.9. The third-order valence-corrected chi connectivity index (χ3v) is 4.97. The smallest absolute Gasteiger partial charge is 0.336 e. The van der Waals surface area contributed by atoms with E-state index < -0.39 is 17.8 Å². The average molecular weight is 422 g/mol. The molecule has 7 nitrogen and oxygen atoms in total. The number of ether oxygens (including phenoxy) is 2. The normalized spacial score (nSPS) is 16.2. The fraction of sp³-hybridized carbons (Fsp3) is 0.292. The number of para-hydroxylation sites is 3. The molecule has 1 heterocycles. The summed E-state index contributed by atoms with van der Waals surface area (Å²) in [7, 11) is 0. The monoisotopic (exact) mass is 422 g/mol. The summed E-state index contributed by atoms with van der Waals surface area (Å²) >= 11 is 0. The summed E-state index contributed by atoms with van der Waals surface area (Å²) in [6.45, 7) is 5.81. The van der Waals surface area contributed by atoms with Gasteiger partial charge in [0.1, 0.15) is 5.75 Å². The summed E-state index contributed by atoms with van der Waals surface area (Å²) in [5.74, 6) is -1.79. The van der Waals surface area contributed by atoms with Gasteiger partial charge in [-0.3, -0.25) is 14.5 Å². The van der Waals surface area contributed by atoms with Crippen LogP contribution in [0.3, 0.4) is 0 Å². The lowest BCUT2D eigenvalue weighted by Gasteiger charge is -2.33. The highest BCUT2D eigenvalue weighted by atomic mass is 16.5. The molecule has 1 N–H and O–H groups in total. The van der Waals surface area contributed by atoms with E-state index >= 15 is 0 Å². The predicted molar refractivity (Wildman–Crippen MR) is 118 cm³/mol. The molecule has 31 heavy (non-hydrogen) atoms. The number of nitrogens with one attached hydrogen (secondary N) is 1. The van der Waals surface area contributed by atoms with Crippen LogP contribution in [0.15, 0.2) is 65.9 Å². The number of anilines is 2. The Kier molecular flexibility index (Phi) is 7.07. The molecule has 0 saturated heterocycles. The van der Waals surface area contributed by atoms with Crippen LogP contribution in [0.5, 0.6) is 5.75 Å². The maximum absolute atomic E-state index is 13.2. The molecule has 1 atom stereocenters. The van der Waals surface area contributed by atoms with Crippen LogP contribution in [0.2, 0.25) is 0 Å². The fourth-order valence-corrected chi connectivity index (χ4v) is 3.64. The van der Waals surface area contributed by atoms with Crippen molar-refractivity contribution in [1.29, 1.82) is 0 Å². The largest absolute Gasteiger partial charge is 0.492 e. The topological polar surface area (TPSA) is 84.9 Å². The van der Waals surface area contributed by atoms with Gasteiger partial charge in [0.15, 0.2) is 0 Å². The highest BCUT2D eigenvalue weighted by molar-refractivity contribution is 6.10. The first-order valence-corrected chi connectivity index (χ1v) is 10.3. The maximum atomic E-state index is 13.2. The van der Waals surface area contributed by atoms with Gasteiger partial charge in [0, 0.05) is 17.8 Å². The van der Waals surface area contributed by atoms with E-state index in [4.69, 9.17) is 9.47 Å². The Hall–Kier alpha value is -3.61. The van der Waals surface area contributed by atoms with E-state index in [-0.39, 0.29) is 24.5 Å². The lowest BCUT2D eigenvalue weighted by atomic mass is 9.88. The van der Waals surface area contributed by atoms with E-state index in [1.165, 1.54) is 4.90 Å². The number of hydrogen-bond donors (Lipinski definition) is 1. The SMILES string of the molecule is CCOC(=O)C1=C(C)N(c2ccccc2)C(=O)C[C@@H]1C(=O)Nc1ccccc1OCC. The Morgan fingerprint density at radius 3 is 2.39 bits per heavy atom. The van der Waals surface area contributed by atoms with Crippen LogP contribution in [-0.2, 0) is 19.1 Å². The predicted octanol–water partition coefficient (Wildman–Crippen LogP) is 3.91. The molecular formula is C24H26N2O5. The summed E-state index contributed by atoms with van der Waals surface area (Å²) < 4.78 is 10.8. The molecule has 1 aliphatic rings. The van der Waals surface area contributed by atoms with Crippen molar-refractivity contribution in [2.24, 2.45) is 5.92 Å². The third-order valence-electron chi connectivity index (χ3n) is 4.97. The molecule has 7 heteroatoms. The molecule has 0 unspecified atom stereocenters. The molecule has 2 amide bonds. The number of carbonyl (C=O) groups excluding carboxylic acids is 3. The molecule has 162 valence electrons. The van der Waals surface area contributed by atoms with Gasteiger partial charge in [0.05, 0.1) is 30.4 Å². The molecule has 1 aliphatic heterocycles. The number of esters is 1. The minimum atomic E-state index is -0.971. The first-order chi connectivity index (χ1) is 15.0. The van der Waals surface area contributed by atoms with E-state index in [1.54, 1.807) is 50.2 Å². The molecule has 0 radical (unpaired) electrons. The van der Waals surface area contributed by atoms with Crippen LogP contribution < -0.4 is 15.0 Å². The Morgan fingerprint density at radius 1 is 1.03 bits per heavy atom. The summed E-state index contributed by atoms with van der Waals surface area (Å²) in [6.07, 6.45) is -0.150. The van der Waals surface area contributed by atoms with E-state index in [0.717, 1.165) is 0 Å². The average Bonchev–Trinajstić information content (AvgIpc) is 2.75. The molecule has 0 fully saturated rings. The maximum Gasteiger partial charge on any atom is 0.336 e. The van der Waals surface area contributed by atoms with Crippen LogP contribution in [0.25, 0.3) is 0 Å². The van der Waals surface area contributed by atoms with Crippen molar-refractivity contribution >= 4 is 29.2 Å². The van der Waals surface area contributed by atoms with E-state index in [9.17, 15) is 14.4 Å². The van der Waals surface area contributed by atoms with E-state index in [0.29, 0.717) is 29.4 Å². The number of rotatable bonds is 7. The van der Waals surface area contributed by atoms with Crippen LogP contribution in [-0.4, -0.2) is 31.0 Å². The van der Waals surface area contributed by atoms with Crippen molar-refractivity contribution in [3.8, 4) is 5.75 Å². The summed E-state index contributed by atoms with van der Waals surface area (Å²) in [6, 6.07) is 16.1. The van der Waals surface area contributed by atoms with Crippen LogP contribution in [0.1, 0.15) is 27.2 Å². The highest BCUT2D eigenvalue weighted by Crippen LogP contribution is 2.35. The van der Waals surface area contributed by atoms with Crippen LogP contribution >= 0.6 is 0 Å². The lowest BCUT2D eigenvalue weighted by Crippen LogP contribution is -2.43. The lowest BCUT2D eigenvalue weighted by molar-refractivity contribution is -0.141. The van der Waals surface area contributed by atoms with E-state index in [2.05, 4.69) is 5.32 Å². The number of allylic oxidation sites excluding steroid dienone is 1. The van der Waals surface area contributed by atoms with Crippen LogP contribution in [0, 0.1) is 5.92 Å². The molecule has 0 aromatic heterocycles. The first-order valence-electron chi connectivity index (χ1n) is 10.3. The third kappa shape index (κ3) is 4.77. The second-order valence-electron chi connectivity index (χ2n) is 6.96. The van der Waals surface area contributed by atoms with Gasteiger partial charge in [-0.1, -0.05) is 30.3 Å². The van der Waals surface area contributed by atoms with Gasteiger partial charge in [0.2, 0.25) is 11.8 Å².